The molecule has 1 amide bonds. The van der Waals surface area contributed by atoms with Crippen LogP contribution >= 0.6 is 23.2 Å². The van der Waals surface area contributed by atoms with Gasteiger partial charge in [0.05, 0.1) is 15.7 Å². The maximum atomic E-state index is 11.8. The normalized spacial score (nSPS) is 10.2. The van der Waals surface area contributed by atoms with E-state index in [4.69, 9.17) is 33.0 Å². The van der Waals surface area contributed by atoms with Crippen molar-refractivity contribution in [2.45, 2.75) is 0 Å². The summed E-state index contributed by atoms with van der Waals surface area (Å²) in [5.41, 5.74) is 0.115. The molecule has 6 nitrogen and oxygen atoms in total. The van der Waals surface area contributed by atoms with Gasteiger partial charge in [0.2, 0.25) is 0 Å². The molecule has 0 aliphatic rings. The van der Waals surface area contributed by atoms with Crippen molar-refractivity contribution in [3.8, 4) is 11.5 Å². The Morgan fingerprint density at radius 2 is 1.87 bits per heavy atom. The van der Waals surface area contributed by atoms with Crippen molar-refractivity contribution < 1.29 is 24.5 Å². The van der Waals surface area contributed by atoms with Crippen LogP contribution in [0.4, 0.5) is 5.69 Å². The third kappa shape index (κ3) is 4.28. The highest BCUT2D eigenvalue weighted by Gasteiger charge is 2.15. The molecule has 120 valence electrons. The van der Waals surface area contributed by atoms with E-state index in [2.05, 4.69) is 5.32 Å². The molecular formula is C15H11Cl2NO5. The van der Waals surface area contributed by atoms with E-state index in [1.165, 1.54) is 12.1 Å². The lowest BCUT2D eigenvalue weighted by Gasteiger charge is -2.09. The summed E-state index contributed by atoms with van der Waals surface area (Å²) in [6.07, 6.45) is 0. The van der Waals surface area contributed by atoms with Crippen molar-refractivity contribution in [3.63, 3.8) is 0 Å². The standard InChI is InChI=1S/C15H11Cl2NO5/c16-10-2-1-3-11(14(10)17)18-13(21)7-23-15(22)9-5-4-8(19)6-12(9)20/h1-6,19-20H,7H2,(H,18,21). The first kappa shape index (κ1) is 16.9. The van der Waals surface area contributed by atoms with Crippen LogP contribution in [0, 0.1) is 0 Å². The van der Waals surface area contributed by atoms with E-state index in [1.807, 2.05) is 0 Å². The predicted octanol–water partition coefficient (Wildman–Crippen LogP) is 3.20. The summed E-state index contributed by atoms with van der Waals surface area (Å²) >= 11 is 11.7. The number of halogens is 2. The lowest BCUT2D eigenvalue weighted by molar-refractivity contribution is -0.119. The molecule has 2 aromatic carbocycles. The zero-order valence-electron chi connectivity index (χ0n) is 11.5. The van der Waals surface area contributed by atoms with E-state index >= 15 is 0 Å². The SMILES string of the molecule is O=C(COC(=O)c1ccc(O)cc1O)Nc1cccc(Cl)c1Cl. The number of benzene rings is 2. The Balaban J connectivity index is 1.96. The van der Waals surface area contributed by atoms with Crippen molar-refractivity contribution in [2.75, 3.05) is 11.9 Å². The molecule has 2 aromatic rings. The molecule has 0 aliphatic heterocycles. The summed E-state index contributed by atoms with van der Waals surface area (Å²) in [6, 6.07) is 8.08. The van der Waals surface area contributed by atoms with Crippen molar-refractivity contribution in [1.82, 2.24) is 0 Å². The quantitative estimate of drug-likeness (QED) is 0.731. The second kappa shape index (κ2) is 7.21. The lowest BCUT2D eigenvalue weighted by atomic mass is 10.2. The Labute approximate surface area is 141 Å². The van der Waals surface area contributed by atoms with Crippen LogP contribution in [0.3, 0.4) is 0 Å². The van der Waals surface area contributed by atoms with Gasteiger partial charge in [0.1, 0.15) is 17.1 Å². The van der Waals surface area contributed by atoms with Gasteiger partial charge in [0, 0.05) is 6.07 Å². The van der Waals surface area contributed by atoms with Crippen LogP contribution < -0.4 is 5.32 Å². The van der Waals surface area contributed by atoms with Crippen LogP contribution in [0.2, 0.25) is 10.0 Å². The zero-order chi connectivity index (χ0) is 17.0. The minimum absolute atomic E-state index is 0.170. The van der Waals surface area contributed by atoms with Gasteiger partial charge in [-0.1, -0.05) is 29.3 Å². The number of carbonyl (C=O) groups excluding carboxylic acids is 2. The minimum Gasteiger partial charge on any atom is -0.508 e. The summed E-state index contributed by atoms with van der Waals surface area (Å²) in [6.45, 7) is -0.581. The summed E-state index contributed by atoms with van der Waals surface area (Å²) in [4.78, 5) is 23.5. The van der Waals surface area contributed by atoms with Gasteiger partial charge in [-0.3, -0.25) is 4.79 Å². The molecule has 0 radical (unpaired) electrons. The average Bonchev–Trinajstić information content (AvgIpc) is 2.49. The van der Waals surface area contributed by atoms with Crippen LogP contribution in [-0.4, -0.2) is 28.7 Å². The Hall–Kier alpha value is -2.44. The average molecular weight is 356 g/mol. The number of rotatable bonds is 4. The van der Waals surface area contributed by atoms with Crippen molar-refractivity contribution in [2.24, 2.45) is 0 Å². The number of ether oxygens (including phenoxy) is 1. The van der Waals surface area contributed by atoms with E-state index in [1.54, 1.807) is 18.2 Å². The number of hydrogen-bond donors (Lipinski definition) is 3. The van der Waals surface area contributed by atoms with Crippen LogP contribution in [0.15, 0.2) is 36.4 Å². The predicted molar refractivity (Wildman–Crippen MR) is 85.1 cm³/mol. The van der Waals surface area contributed by atoms with Crippen molar-refractivity contribution in [1.29, 1.82) is 0 Å². The third-order valence-corrected chi connectivity index (χ3v) is 3.58. The summed E-state index contributed by atoms with van der Waals surface area (Å²) in [7, 11) is 0. The highest BCUT2D eigenvalue weighted by atomic mass is 35.5. The van der Waals surface area contributed by atoms with E-state index in [-0.39, 0.29) is 27.0 Å². The van der Waals surface area contributed by atoms with Gasteiger partial charge in [0.25, 0.3) is 5.91 Å². The monoisotopic (exact) mass is 355 g/mol. The largest absolute Gasteiger partial charge is 0.508 e. The molecule has 0 bridgehead atoms. The molecule has 0 saturated heterocycles. The molecule has 0 aliphatic carbocycles. The van der Waals surface area contributed by atoms with Gasteiger partial charge in [-0.15, -0.1) is 0 Å². The van der Waals surface area contributed by atoms with Crippen LogP contribution in [0.25, 0.3) is 0 Å². The number of aromatic hydroxyl groups is 2. The molecule has 0 heterocycles. The number of esters is 1. The molecule has 0 spiro atoms. The van der Waals surface area contributed by atoms with Crippen LogP contribution in [0.1, 0.15) is 10.4 Å². The van der Waals surface area contributed by atoms with Crippen LogP contribution in [-0.2, 0) is 9.53 Å². The fourth-order valence-corrected chi connectivity index (χ4v) is 2.04. The molecule has 2 rings (SSSR count). The first-order valence-corrected chi connectivity index (χ1v) is 7.07. The smallest absolute Gasteiger partial charge is 0.342 e. The number of hydrogen-bond acceptors (Lipinski definition) is 5. The van der Waals surface area contributed by atoms with Gasteiger partial charge >= 0.3 is 5.97 Å². The second-order valence-corrected chi connectivity index (χ2v) is 5.21. The number of anilines is 1. The molecule has 23 heavy (non-hydrogen) atoms. The molecule has 0 unspecified atom stereocenters. The number of phenolic OH excluding ortho intramolecular Hbond substituents is 2. The van der Waals surface area contributed by atoms with E-state index in [0.29, 0.717) is 0 Å². The zero-order valence-corrected chi connectivity index (χ0v) is 13.1. The summed E-state index contributed by atoms with van der Waals surface area (Å²) in [5.74, 6) is -2.18. The van der Waals surface area contributed by atoms with Gasteiger partial charge < -0.3 is 20.3 Å². The van der Waals surface area contributed by atoms with Crippen molar-refractivity contribution >= 4 is 40.8 Å². The van der Waals surface area contributed by atoms with Crippen molar-refractivity contribution in [3.05, 3.63) is 52.0 Å². The Kier molecular flexibility index (Phi) is 5.31. The number of nitrogens with one attached hydrogen (secondary N) is 1. The number of amides is 1. The van der Waals surface area contributed by atoms with Gasteiger partial charge in [0.15, 0.2) is 6.61 Å². The molecule has 0 saturated carbocycles. The highest BCUT2D eigenvalue weighted by Crippen LogP contribution is 2.29. The van der Waals surface area contributed by atoms with E-state index in [0.717, 1.165) is 6.07 Å². The lowest BCUT2D eigenvalue weighted by Crippen LogP contribution is -2.21. The Morgan fingerprint density at radius 3 is 2.57 bits per heavy atom. The topological polar surface area (TPSA) is 95.9 Å². The van der Waals surface area contributed by atoms with Gasteiger partial charge in [-0.2, -0.15) is 0 Å². The molecular weight excluding hydrogens is 345 g/mol. The Bertz CT molecular complexity index is 764. The minimum atomic E-state index is -0.908. The third-order valence-electron chi connectivity index (χ3n) is 2.76. The maximum Gasteiger partial charge on any atom is 0.342 e. The highest BCUT2D eigenvalue weighted by molar-refractivity contribution is 6.44. The van der Waals surface area contributed by atoms with E-state index < -0.39 is 24.2 Å². The van der Waals surface area contributed by atoms with Crippen LogP contribution in [0.5, 0.6) is 11.5 Å². The number of carbonyl (C=O) groups is 2. The fraction of sp³-hybridized carbons (Fsp3) is 0.0667. The molecule has 0 atom stereocenters. The summed E-state index contributed by atoms with van der Waals surface area (Å²) in [5, 5.41) is 21.6. The molecule has 8 heteroatoms. The maximum absolute atomic E-state index is 11.8. The summed E-state index contributed by atoms with van der Waals surface area (Å²) < 4.78 is 4.78. The fourth-order valence-electron chi connectivity index (χ4n) is 1.69. The van der Waals surface area contributed by atoms with Gasteiger partial charge in [-0.05, 0) is 24.3 Å². The molecule has 0 fully saturated rings. The van der Waals surface area contributed by atoms with E-state index in [9.17, 15) is 14.7 Å². The first-order valence-electron chi connectivity index (χ1n) is 6.31. The van der Waals surface area contributed by atoms with Gasteiger partial charge in [-0.25, -0.2) is 4.79 Å². The first-order chi connectivity index (χ1) is 10.9. The molecule has 0 aromatic heterocycles. The number of phenols is 2. The second-order valence-electron chi connectivity index (χ2n) is 4.43. The Morgan fingerprint density at radius 1 is 1.13 bits per heavy atom. The molecule has 3 N–H and O–H groups in total.